The van der Waals surface area contributed by atoms with Gasteiger partial charge >= 0.3 is 5.97 Å². The van der Waals surface area contributed by atoms with Crippen molar-refractivity contribution in [3.63, 3.8) is 0 Å². The van der Waals surface area contributed by atoms with E-state index in [-0.39, 0.29) is 16.6 Å². The zero-order valence-corrected chi connectivity index (χ0v) is 19.6. The maximum Gasteiger partial charge on any atom is 0.343 e. The molecular weight excluding hydrogens is 475 g/mol. The standard InChI is InChI=1S/C25H22ClFN4O4/c1-15-21(22(26)31(29-15)17-10-8-16(27)9-11-17)23(33)35-14-20(32)30-19-7-3-2-6-18(19)28-24(34)25(30)12-4-5-13-25/h2-3,6-11H,4-5,12-14H2,1H3,(H,28,34). The number of esters is 1. The highest BCUT2D eigenvalue weighted by Gasteiger charge is 2.52. The molecule has 1 fully saturated rings. The fourth-order valence-electron chi connectivity index (χ4n) is 4.88. The van der Waals surface area contributed by atoms with Gasteiger partial charge in [0.15, 0.2) is 6.61 Å². The predicted octanol–water partition coefficient (Wildman–Crippen LogP) is 4.43. The van der Waals surface area contributed by atoms with Crippen LogP contribution in [0.5, 0.6) is 0 Å². The number of aromatic nitrogens is 2. The second-order valence-electron chi connectivity index (χ2n) is 8.65. The molecule has 10 heteroatoms. The number of benzene rings is 2. The van der Waals surface area contributed by atoms with E-state index in [1.54, 1.807) is 31.2 Å². The lowest BCUT2D eigenvalue weighted by Gasteiger charge is -2.44. The molecule has 0 bridgehead atoms. The Hall–Kier alpha value is -3.72. The smallest absolute Gasteiger partial charge is 0.343 e. The molecule has 1 spiro atoms. The first-order valence-electron chi connectivity index (χ1n) is 11.2. The number of nitrogens with one attached hydrogen (secondary N) is 1. The van der Waals surface area contributed by atoms with Crippen molar-refractivity contribution in [3.05, 3.63) is 70.8 Å². The molecule has 180 valence electrons. The lowest BCUT2D eigenvalue weighted by atomic mass is 9.90. The van der Waals surface area contributed by atoms with Gasteiger partial charge in [-0.15, -0.1) is 0 Å². The van der Waals surface area contributed by atoms with Crippen LogP contribution in [0.1, 0.15) is 41.7 Å². The number of carbonyl (C=O) groups excluding carboxylic acids is 3. The van der Waals surface area contributed by atoms with E-state index in [0.717, 1.165) is 12.8 Å². The van der Waals surface area contributed by atoms with Gasteiger partial charge in [-0.1, -0.05) is 36.6 Å². The van der Waals surface area contributed by atoms with Gasteiger partial charge in [0.25, 0.3) is 11.8 Å². The summed E-state index contributed by atoms with van der Waals surface area (Å²) in [6, 6.07) is 12.5. The quantitative estimate of drug-likeness (QED) is 0.539. The van der Waals surface area contributed by atoms with E-state index < -0.39 is 29.8 Å². The van der Waals surface area contributed by atoms with E-state index in [4.69, 9.17) is 16.3 Å². The van der Waals surface area contributed by atoms with Gasteiger partial charge in [-0.3, -0.25) is 14.5 Å². The fraction of sp³-hybridized carbons (Fsp3) is 0.280. The number of anilines is 2. The minimum Gasteiger partial charge on any atom is -0.452 e. The third-order valence-corrected chi connectivity index (χ3v) is 6.88. The Bertz CT molecular complexity index is 1330. The predicted molar refractivity (Wildman–Crippen MR) is 127 cm³/mol. The van der Waals surface area contributed by atoms with Crippen molar-refractivity contribution < 1.29 is 23.5 Å². The third-order valence-electron chi connectivity index (χ3n) is 6.53. The summed E-state index contributed by atoms with van der Waals surface area (Å²) in [6.45, 7) is 1.02. The summed E-state index contributed by atoms with van der Waals surface area (Å²) >= 11 is 6.40. The Balaban J connectivity index is 1.39. The average Bonchev–Trinajstić information content (AvgIpc) is 3.44. The average molecular weight is 497 g/mol. The molecule has 0 unspecified atom stereocenters. The van der Waals surface area contributed by atoms with Gasteiger partial charge in [-0.25, -0.2) is 13.9 Å². The van der Waals surface area contributed by atoms with Crippen molar-refractivity contribution >= 4 is 40.8 Å². The van der Waals surface area contributed by atoms with Crippen LogP contribution in [0.2, 0.25) is 5.15 Å². The molecule has 35 heavy (non-hydrogen) atoms. The van der Waals surface area contributed by atoms with Gasteiger partial charge in [0.2, 0.25) is 0 Å². The molecule has 1 aliphatic heterocycles. The molecule has 1 saturated carbocycles. The maximum atomic E-state index is 13.4. The number of halogens is 2. The Labute approximate surface area is 205 Å². The number of carbonyl (C=O) groups is 3. The van der Waals surface area contributed by atoms with Crippen LogP contribution in [0.25, 0.3) is 5.69 Å². The van der Waals surface area contributed by atoms with E-state index in [9.17, 15) is 18.8 Å². The summed E-state index contributed by atoms with van der Waals surface area (Å²) in [6.07, 6.45) is 2.69. The first-order chi connectivity index (χ1) is 16.8. The molecule has 8 nitrogen and oxygen atoms in total. The first kappa shape index (κ1) is 23.0. The molecule has 1 N–H and O–H groups in total. The maximum absolute atomic E-state index is 13.4. The third kappa shape index (κ3) is 3.85. The SMILES string of the molecule is Cc1nn(-c2ccc(F)cc2)c(Cl)c1C(=O)OCC(=O)N1c2ccccc2NC(=O)C12CCCC2. The largest absolute Gasteiger partial charge is 0.452 e. The molecule has 0 atom stereocenters. The molecule has 2 aromatic carbocycles. The zero-order valence-electron chi connectivity index (χ0n) is 18.9. The van der Waals surface area contributed by atoms with Crippen molar-refractivity contribution in [2.75, 3.05) is 16.8 Å². The highest BCUT2D eigenvalue weighted by Crippen LogP contribution is 2.45. The van der Waals surface area contributed by atoms with Gasteiger partial charge < -0.3 is 10.1 Å². The highest BCUT2D eigenvalue weighted by molar-refractivity contribution is 6.33. The molecule has 1 aliphatic carbocycles. The molecule has 0 saturated heterocycles. The van der Waals surface area contributed by atoms with E-state index >= 15 is 0 Å². The normalized spacial score (nSPS) is 16.2. The minimum atomic E-state index is -1.00. The highest BCUT2D eigenvalue weighted by atomic mass is 35.5. The first-order valence-corrected chi connectivity index (χ1v) is 11.6. The molecule has 1 aromatic heterocycles. The summed E-state index contributed by atoms with van der Waals surface area (Å²) in [7, 11) is 0. The second-order valence-corrected chi connectivity index (χ2v) is 9.01. The number of nitrogens with zero attached hydrogens (tertiary/aromatic N) is 3. The van der Waals surface area contributed by atoms with Crippen LogP contribution in [-0.4, -0.2) is 39.7 Å². The van der Waals surface area contributed by atoms with Crippen LogP contribution in [0.15, 0.2) is 48.5 Å². The molecule has 3 aromatic rings. The Morgan fingerprint density at radius 3 is 2.54 bits per heavy atom. The zero-order chi connectivity index (χ0) is 24.7. The van der Waals surface area contributed by atoms with Gasteiger partial charge in [0, 0.05) is 0 Å². The van der Waals surface area contributed by atoms with Gasteiger partial charge in [0.05, 0.1) is 22.8 Å². The number of para-hydroxylation sites is 2. The number of ether oxygens (including phenoxy) is 1. The van der Waals surface area contributed by atoms with Crippen molar-refractivity contribution in [1.29, 1.82) is 0 Å². The molecule has 2 heterocycles. The second kappa shape index (κ2) is 8.81. The summed E-state index contributed by atoms with van der Waals surface area (Å²) in [5.74, 6) is -1.96. The van der Waals surface area contributed by atoms with Gasteiger partial charge in [-0.05, 0) is 56.2 Å². The molecule has 5 rings (SSSR count). The van der Waals surface area contributed by atoms with Crippen LogP contribution in [0, 0.1) is 12.7 Å². The summed E-state index contributed by atoms with van der Waals surface area (Å²) in [5, 5.41) is 7.16. The molecular formula is C25H22ClFN4O4. The van der Waals surface area contributed by atoms with E-state index in [1.807, 2.05) is 0 Å². The topological polar surface area (TPSA) is 93.5 Å². The van der Waals surface area contributed by atoms with E-state index in [1.165, 1.54) is 33.8 Å². The number of amides is 2. The molecule has 0 radical (unpaired) electrons. The van der Waals surface area contributed by atoms with Gasteiger partial charge in [-0.2, -0.15) is 5.10 Å². The van der Waals surface area contributed by atoms with Crippen LogP contribution in [0.4, 0.5) is 15.8 Å². The summed E-state index contributed by atoms with van der Waals surface area (Å²) in [4.78, 5) is 40.9. The number of hydrogen-bond donors (Lipinski definition) is 1. The van der Waals surface area contributed by atoms with Crippen LogP contribution in [0.3, 0.4) is 0 Å². The fourth-order valence-corrected chi connectivity index (χ4v) is 5.23. The lowest BCUT2D eigenvalue weighted by molar-refractivity contribution is -0.129. The lowest BCUT2D eigenvalue weighted by Crippen LogP contribution is -2.61. The van der Waals surface area contributed by atoms with E-state index in [2.05, 4.69) is 10.4 Å². The minimum absolute atomic E-state index is 0.0103. The van der Waals surface area contributed by atoms with Crippen molar-refractivity contribution in [2.24, 2.45) is 0 Å². The van der Waals surface area contributed by atoms with Gasteiger partial charge in [0.1, 0.15) is 22.1 Å². The summed E-state index contributed by atoms with van der Waals surface area (Å²) < 4.78 is 19.9. The van der Waals surface area contributed by atoms with E-state index in [0.29, 0.717) is 35.6 Å². The number of aryl methyl sites for hydroxylation is 1. The van der Waals surface area contributed by atoms with Crippen molar-refractivity contribution in [1.82, 2.24) is 9.78 Å². The number of fused-ring (bicyclic) bond motifs is 1. The van der Waals surface area contributed by atoms with Crippen molar-refractivity contribution in [3.8, 4) is 5.69 Å². The molecule has 2 amide bonds. The Morgan fingerprint density at radius 2 is 1.83 bits per heavy atom. The summed E-state index contributed by atoms with van der Waals surface area (Å²) in [5.41, 5.74) is 0.887. The van der Waals surface area contributed by atoms with Crippen LogP contribution in [-0.2, 0) is 14.3 Å². The Kier molecular flexibility index (Phi) is 5.80. The monoisotopic (exact) mass is 496 g/mol. The van der Waals surface area contributed by atoms with Crippen LogP contribution >= 0.6 is 11.6 Å². The van der Waals surface area contributed by atoms with Crippen LogP contribution < -0.4 is 10.2 Å². The Morgan fingerprint density at radius 1 is 1.14 bits per heavy atom. The number of rotatable bonds is 4. The molecule has 2 aliphatic rings. The number of hydrogen-bond acceptors (Lipinski definition) is 5. The van der Waals surface area contributed by atoms with Crippen molar-refractivity contribution in [2.45, 2.75) is 38.1 Å².